The Morgan fingerprint density at radius 1 is 1.00 bits per heavy atom. The second-order valence-electron chi connectivity index (χ2n) is 8.64. The van der Waals surface area contributed by atoms with Gasteiger partial charge in [-0.1, -0.05) is 24.3 Å². The molecule has 0 radical (unpaired) electrons. The Morgan fingerprint density at radius 2 is 1.67 bits per heavy atom. The fraction of sp³-hybridized carbons (Fsp3) is 0.417. The minimum absolute atomic E-state index is 0.0220. The van der Waals surface area contributed by atoms with Crippen LogP contribution >= 0.6 is 0 Å². The summed E-state index contributed by atoms with van der Waals surface area (Å²) in [6.07, 6.45) is -1.65. The van der Waals surface area contributed by atoms with Crippen LogP contribution in [0, 0.1) is 5.92 Å². The lowest BCUT2D eigenvalue weighted by Crippen LogP contribution is -2.51. The van der Waals surface area contributed by atoms with Crippen LogP contribution in [0.25, 0.3) is 0 Å². The molecule has 1 saturated heterocycles. The van der Waals surface area contributed by atoms with E-state index >= 15 is 0 Å². The molecule has 176 valence electrons. The van der Waals surface area contributed by atoms with E-state index in [-0.39, 0.29) is 30.0 Å². The van der Waals surface area contributed by atoms with Crippen molar-refractivity contribution in [1.82, 2.24) is 16.0 Å². The van der Waals surface area contributed by atoms with Crippen molar-refractivity contribution in [2.45, 2.75) is 43.9 Å². The lowest BCUT2D eigenvalue weighted by Gasteiger charge is -2.25. The fourth-order valence-corrected chi connectivity index (χ4v) is 4.01. The molecule has 1 aliphatic carbocycles. The highest BCUT2D eigenvalue weighted by atomic mass is 19.4. The molecular formula is C24H27F3N4O2. The third-order valence-electron chi connectivity index (χ3n) is 6.18. The molecule has 1 saturated carbocycles. The Labute approximate surface area is 190 Å². The molecule has 9 heteroatoms. The SMILES string of the molecule is O=C(NC1(C(=O)NCc2ccc(Nc3ccccc3C(F)(F)F)cc2)CC1)C1CCNCC1. The van der Waals surface area contributed by atoms with Gasteiger partial charge in [-0.05, 0) is 68.6 Å². The number of rotatable bonds is 7. The monoisotopic (exact) mass is 460 g/mol. The van der Waals surface area contributed by atoms with Crippen molar-refractivity contribution in [2.24, 2.45) is 5.92 Å². The van der Waals surface area contributed by atoms with E-state index in [4.69, 9.17) is 0 Å². The number of hydrogen-bond acceptors (Lipinski definition) is 4. The highest BCUT2D eigenvalue weighted by Gasteiger charge is 2.51. The van der Waals surface area contributed by atoms with Gasteiger partial charge in [-0.15, -0.1) is 0 Å². The largest absolute Gasteiger partial charge is 0.418 e. The van der Waals surface area contributed by atoms with Gasteiger partial charge in [0.25, 0.3) is 0 Å². The lowest BCUT2D eigenvalue weighted by atomic mass is 9.96. The molecule has 0 spiro atoms. The Balaban J connectivity index is 1.31. The number of anilines is 2. The maximum Gasteiger partial charge on any atom is 0.418 e. The summed E-state index contributed by atoms with van der Waals surface area (Å²) >= 11 is 0. The topological polar surface area (TPSA) is 82.3 Å². The number of carbonyl (C=O) groups is 2. The zero-order chi connectivity index (χ0) is 23.5. The summed E-state index contributed by atoms with van der Waals surface area (Å²) in [5.41, 5.74) is -0.257. The van der Waals surface area contributed by atoms with E-state index in [2.05, 4.69) is 21.3 Å². The van der Waals surface area contributed by atoms with Crippen molar-refractivity contribution in [3.05, 3.63) is 59.7 Å². The van der Waals surface area contributed by atoms with Gasteiger partial charge in [0, 0.05) is 18.2 Å². The van der Waals surface area contributed by atoms with Gasteiger partial charge in [-0.2, -0.15) is 13.2 Å². The van der Waals surface area contributed by atoms with Crippen molar-refractivity contribution >= 4 is 23.2 Å². The molecule has 2 fully saturated rings. The first-order chi connectivity index (χ1) is 15.8. The Bertz CT molecular complexity index is 998. The minimum atomic E-state index is -4.45. The van der Waals surface area contributed by atoms with E-state index in [1.54, 1.807) is 30.3 Å². The van der Waals surface area contributed by atoms with Crippen LogP contribution in [0.2, 0.25) is 0 Å². The van der Waals surface area contributed by atoms with E-state index in [1.165, 1.54) is 12.1 Å². The van der Waals surface area contributed by atoms with Crippen LogP contribution < -0.4 is 21.3 Å². The number of amides is 2. The summed E-state index contributed by atoms with van der Waals surface area (Å²) in [7, 11) is 0. The van der Waals surface area contributed by atoms with Crippen LogP contribution in [0.3, 0.4) is 0 Å². The van der Waals surface area contributed by atoms with Crippen molar-refractivity contribution < 1.29 is 22.8 Å². The molecule has 6 nitrogen and oxygen atoms in total. The maximum absolute atomic E-state index is 13.2. The number of para-hydroxylation sites is 1. The number of nitrogens with one attached hydrogen (secondary N) is 4. The van der Waals surface area contributed by atoms with Crippen molar-refractivity contribution in [3.8, 4) is 0 Å². The first-order valence-corrected chi connectivity index (χ1v) is 11.1. The van der Waals surface area contributed by atoms with Gasteiger partial charge < -0.3 is 21.3 Å². The first-order valence-electron chi connectivity index (χ1n) is 11.1. The van der Waals surface area contributed by atoms with Crippen molar-refractivity contribution in [1.29, 1.82) is 0 Å². The molecular weight excluding hydrogens is 433 g/mol. The van der Waals surface area contributed by atoms with Crippen LogP contribution in [-0.4, -0.2) is 30.4 Å². The molecule has 33 heavy (non-hydrogen) atoms. The van der Waals surface area contributed by atoms with E-state index in [9.17, 15) is 22.8 Å². The van der Waals surface area contributed by atoms with Crippen LogP contribution in [-0.2, 0) is 22.3 Å². The summed E-state index contributed by atoms with van der Waals surface area (Å²) < 4.78 is 39.5. The number of halogens is 3. The van der Waals surface area contributed by atoms with Gasteiger partial charge in [-0.3, -0.25) is 9.59 Å². The summed E-state index contributed by atoms with van der Waals surface area (Å²) in [5.74, 6) is -0.316. The lowest BCUT2D eigenvalue weighted by molar-refractivity contribution is -0.137. The van der Waals surface area contributed by atoms with Crippen molar-refractivity contribution in [3.63, 3.8) is 0 Å². The highest BCUT2D eigenvalue weighted by molar-refractivity contribution is 5.94. The molecule has 4 rings (SSSR count). The molecule has 0 atom stereocenters. The predicted molar refractivity (Wildman–Crippen MR) is 119 cm³/mol. The third kappa shape index (κ3) is 5.65. The van der Waals surface area contributed by atoms with E-state index < -0.39 is 17.3 Å². The van der Waals surface area contributed by atoms with Gasteiger partial charge in [0.15, 0.2) is 0 Å². The van der Waals surface area contributed by atoms with Gasteiger partial charge in [0.2, 0.25) is 11.8 Å². The highest BCUT2D eigenvalue weighted by Crippen LogP contribution is 2.37. The minimum Gasteiger partial charge on any atom is -0.355 e. The number of carbonyl (C=O) groups excluding carboxylic acids is 2. The molecule has 2 aromatic carbocycles. The average Bonchev–Trinajstić information content (AvgIpc) is 3.59. The van der Waals surface area contributed by atoms with E-state index in [0.717, 1.165) is 37.6 Å². The number of piperidine rings is 1. The third-order valence-corrected chi connectivity index (χ3v) is 6.18. The first kappa shape index (κ1) is 23.1. The predicted octanol–water partition coefficient (Wildman–Crippen LogP) is 3.71. The maximum atomic E-state index is 13.2. The molecule has 2 aliphatic rings. The molecule has 1 aliphatic heterocycles. The second-order valence-corrected chi connectivity index (χ2v) is 8.64. The zero-order valence-electron chi connectivity index (χ0n) is 18.1. The molecule has 2 aromatic rings. The summed E-state index contributed by atoms with van der Waals surface area (Å²) in [6, 6.07) is 12.1. The van der Waals surface area contributed by atoms with Gasteiger partial charge >= 0.3 is 6.18 Å². The standard InChI is InChI=1S/C24H27F3N4O2/c25-24(26,27)19-3-1-2-4-20(19)30-18-7-5-16(6-8-18)15-29-22(33)23(11-12-23)31-21(32)17-9-13-28-14-10-17/h1-8,17,28,30H,9-15H2,(H,29,33)(H,31,32). The van der Waals surface area contributed by atoms with E-state index in [0.29, 0.717) is 18.5 Å². The summed E-state index contributed by atoms with van der Waals surface area (Å²) in [4.78, 5) is 25.2. The molecule has 2 amide bonds. The summed E-state index contributed by atoms with van der Waals surface area (Å²) in [6.45, 7) is 1.89. The second kappa shape index (κ2) is 9.43. The van der Waals surface area contributed by atoms with Gasteiger partial charge in [0.1, 0.15) is 5.54 Å². The summed E-state index contributed by atoms with van der Waals surface area (Å²) in [5, 5.41) is 11.8. The van der Waals surface area contributed by atoms with Gasteiger partial charge in [0.05, 0.1) is 11.3 Å². The molecule has 4 N–H and O–H groups in total. The zero-order valence-corrected chi connectivity index (χ0v) is 18.1. The number of benzene rings is 2. The quantitative estimate of drug-likeness (QED) is 0.508. The smallest absolute Gasteiger partial charge is 0.355 e. The van der Waals surface area contributed by atoms with Crippen LogP contribution in [0.15, 0.2) is 48.5 Å². The normalized spacial score (nSPS) is 17.8. The van der Waals surface area contributed by atoms with Gasteiger partial charge in [-0.25, -0.2) is 0 Å². The molecule has 0 bridgehead atoms. The van der Waals surface area contributed by atoms with Crippen LogP contribution in [0.4, 0.5) is 24.5 Å². The van der Waals surface area contributed by atoms with Crippen molar-refractivity contribution in [2.75, 3.05) is 18.4 Å². The molecule has 0 unspecified atom stereocenters. The number of alkyl halides is 3. The van der Waals surface area contributed by atoms with Crippen LogP contribution in [0.1, 0.15) is 36.8 Å². The average molecular weight is 461 g/mol. The van der Waals surface area contributed by atoms with Crippen LogP contribution in [0.5, 0.6) is 0 Å². The van der Waals surface area contributed by atoms with E-state index in [1.807, 2.05) is 0 Å². The Hall–Kier alpha value is -3.07. The Kier molecular flexibility index (Phi) is 6.60. The molecule has 1 heterocycles. The number of hydrogen-bond donors (Lipinski definition) is 4. The molecule has 0 aromatic heterocycles. The Morgan fingerprint density at radius 3 is 2.30 bits per heavy atom. The fourth-order valence-electron chi connectivity index (χ4n) is 4.01.